The Morgan fingerprint density at radius 1 is 1.27 bits per heavy atom. The Kier molecular flexibility index (Phi) is 4.71. The molecule has 3 aliphatic rings. The lowest BCUT2D eigenvalue weighted by Crippen LogP contribution is -2.60. The van der Waals surface area contributed by atoms with Gasteiger partial charge in [0.05, 0.1) is 30.1 Å². The van der Waals surface area contributed by atoms with E-state index < -0.39 is 23.1 Å². The maximum Gasteiger partial charge on any atom is 0.329 e. The number of hydrogen-bond donors (Lipinski definition) is 1. The summed E-state index contributed by atoms with van der Waals surface area (Å²) in [6.07, 6.45) is 7.28. The number of fused-ring (bicyclic) bond motifs is 1. The third-order valence-electron chi connectivity index (χ3n) is 5.43. The molecule has 2 atom stereocenters. The number of nitrogens with zero attached hydrogens (tertiary/aromatic N) is 2. The number of pyridine rings is 1. The third kappa shape index (κ3) is 3.24. The lowest BCUT2D eigenvalue weighted by molar-refractivity contribution is -0.118. The number of urea groups is 1. The van der Waals surface area contributed by atoms with E-state index in [1.54, 1.807) is 12.3 Å². The molecule has 1 saturated carbocycles. The molecular weight excluding hydrogens is 429 g/mol. The largest absolute Gasteiger partial charge is 0.494 e. The number of carbonyl (C=O) groups excluding carboxylic acids is 2. The number of imide groups is 1. The van der Waals surface area contributed by atoms with Crippen LogP contribution in [0.15, 0.2) is 36.7 Å². The molecule has 0 radical (unpaired) electrons. The number of thioether (sulfide) groups is 1. The Hall–Kier alpha value is -2.58. The van der Waals surface area contributed by atoms with E-state index in [-0.39, 0.29) is 16.7 Å². The first-order valence-corrected chi connectivity index (χ1v) is 10.7. The molecule has 1 saturated heterocycles. The number of nitrogens with one attached hydrogen (secondary N) is 1. The summed E-state index contributed by atoms with van der Waals surface area (Å²) in [5.41, 5.74) is 2.06. The van der Waals surface area contributed by atoms with Crippen molar-refractivity contribution in [2.45, 2.75) is 30.1 Å². The predicted octanol–water partition coefficient (Wildman–Crippen LogP) is 4.34. The lowest BCUT2D eigenvalue weighted by atomic mass is 10.1. The van der Waals surface area contributed by atoms with Gasteiger partial charge in [-0.1, -0.05) is 11.6 Å². The number of benzene rings is 1. The first kappa shape index (κ1) is 19.4. The Bertz CT molecular complexity index is 1100. The van der Waals surface area contributed by atoms with E-state index in [1.807, 2.05) is 6.07 Å². The average molecular weight is 446 g/mol. The van der Waals surface area contributed by atoms with Crippen LogP contribution in [0, 0.1) is 5.82 Å². The van der Waals surface area contributed by atoms with E-state index in [0.29, 0.717) is 22.1 Å². The van der Waals surface area contributed by atoms with Gasteiger partial charge in [-0.25, -0.2) is 14.1 Å². The van der Waals surface area contributed by atoms with Crippen molar-refractivity contribution in [2.24, 2.45) is 0 Å². The number of anilines is 1. The SMILES string of the molecule is COc1cc(C2=CC3NC(=O)N(c4cncc(C5CC5)c4)C(=O)C3S2)c(Cl)cc1F. The van der Waals surface area contributed by atoms with Crippen LogP contribution in [0.3, 0.4) is 0 Å². The molecule has 9 heteroatoms. The fourth-order valence-corrected chi connectivity index (χ4v) is 5.34. The second-order valence-electron chi connectivity index (χ2n) is 7.44. The first-order chi connectivity index (χ1) is 14.5. The molecule has 2 fully saturated rings. The van der Waals surface area contributed by atoms with Crippen molar-refractivity contribution in [1.29, 1.82) is 0 Å². The molecule has 154 valence electrons. The van der Waals surface area contributed by atoms with Crippen LogP contribution in [-0.4, -0.2) is 35.3 Å². The van der Waals surface area contributed by atoms with Crippen LogP contribution in [0.2, 0.25) is 5.02 Å². The number of rotatable bonds is 4. The minimum atomic E-state index is -0.564. The molecule has 0 spiro atoms. The minimum Gasteiger partial charge on any atom is -0.494 e. The molecule has 1 aromatic heterocycles. The number of aromatic nitrogens is 1. The fourth-order valence-electron chi connectivity index (χ4n) is 3.74. The number of amides is 3. The first-order valence-electron chi connectivity index (χ1n) is 9.47. The summed E-state index contributed by atoms with van der Waals surface area (Å²) in [4.78, 5) is 32.0. The van der Waals surface area contributed by atoms with Gasteiger partial charge < -0.3 is 10.1 Å². The van der Waals surface area contributed by atoms with Crippen molar-refractivity contribution in [3.63, 3.8) is 0 Å². The topological polar surface area (TPSA) is 71.5 Å². The highest BCUT2D eigenvalue weighted by atomic mass is 35.5. The number of halogens is 2. The number of ether oxygens (including phenoxy) is 1. The van der Waals surface area contributed by atoms with Crippen molar-refractivity contribution < 1.29 is 18.7 Å². The van der Waals surface area contributed by atoms with Gasteiger partial charge in [0, 0.05) is 16.7 Å². The van der Waals surface area contributed by atoms with Gasteiger partial charge >= 0.3 is 6.03 Å². The van der Waals surface area contributed by atoms with Crippen LogP contribution < -0.4 is 15.0 Å². The Balaban J connectivity index is 1.44. The van der Waals surface area contributed by atoms with E-state index in [1.165, 1.54) is 37.2 Å². The number of methoxy groups -OCH3 is 1. The van der Waals surface area contributed by atoms with E-state index in [9.17, 15) is 14.0 Å². The van der Waals surface area contributed by atoms with Crippen molar-refractivity contribution in [3.05, 3.63) is 58.6 Å². The van der Waals surface area contributed by atoms with Gasteiger partial charge in [0.25, 0.3) is 5.91 Å². The summed E-state index contributed by atoms with van der Waals surface area (Å²) >= 11 is 7.53. The molecule has 2 aromatic rings. The van der Waals surface area contributed by atoms with Crippen molar-refractivity contribution in [1.82, 2.24) is 10.3 Å². The summed E-state index contributed by atoms with van der Waals surface area (Å²) in [6, 6.07) is 3.57. The molecule has 3 amide bonds. The maximum atomic E-state index is 13.9. The maximum absolute atomic E-state index is 13.9. The van der Waals surface area contributed by atoms with Crippen molar-refractivity contribution in [2.75, 3.05) is 12.0 Å². The highest BCUT2D eigenvalue weighted by Crippen LogP contribution is 2.46. The predicted molar refractivity (Wildman–Crippen MR) is 113 cm³/mol. The van der Waals surface area contributed by atoms with Gasteiger partial charge in [-0.05, 0) is 48.6 Å². The van der Waals surface area contributed by atoms with Crippen LogP contribution in [0.1, 0.15) is 29.9 Å². The Labute approximate surface area is 181 Å². The van der Waals surface area contributed by atoms with Gasteiger partial charge in [-0.15, -0.1) is 11.8 Å². The van der Waals surface area contributed by atoms with Crippen molar-refractivity contribution in [3.8, 4) is 5.75 Å². The second-order valence-corrected chi connectivity index (χ2v) is 9.03. The molecular formula is C21H17ClFN3O3S. The van der Waals surface area contributed by atoms with Gasteiger partial charge in [0.2, 0.25) is 0 Å². The summed E-state index contributed by atoms with van der Waals surface area (Å²) in [5.74, 6) is -0.366. The standard InChI is InChI=1S/C21H17ClFN3O3S/c1-29-17-5-13(14(22)6-15(17)23)18-7-16-19(30-18)20(27)26(21(28)25-16)12-4-11(8-24-9-12)10-2-3-10/h4-10,16,19H,2-3H2,1H3,(H,25,28). The lowest BCUT2D eigenvalue weighted by Gasteiger charge is -2.33. The molecule has 3 heterocycles. The van der Waals surface area contributed by atoms with Crippen molar-refractivity contribution >= 4 is 45.9 Å². The van der Waals surface area contributed by atoms with Crippen LogP contribution >= 0.6 is 23.4 Å². The number of carbonyl (C=O) groups is 2. The van der Waals surface area contributed by atoms with Gasteiger partial charge in [-0.2, -0.15) is 0 Å². The molecule has 1 aliphatic carbocycles. The van der Waals surface area contributed by atoms with E-state index >= 15 is 0 Å². The zero-order valence-corrected chi connectivity index (χ0v) is 17.5. The van der Waals surface area contributed by atoms with E-state index in [0.717, 1.165) is 23.3 Å². The molecule has 1 aromatic carbocycles. The molecule has 5 rings (SSSR count). The summed E-state index contributed by atoms with van der Waals surface area (Å²) in [5, 5.41) is 2.54. The van der Waals surface area contributed by atoms with E-state index in [2.05, 4.69) is 10.3 Å². The zero-order chi connectivity index (χ0) is 21.0. The van der Waals surface area contributed by atoms with Gasteiger partial charge in [0.1, 0.15) is 5.25 Å². The normalized spacial score (nSPS) is 23.2. The minimum absolute atomic E-state index is 0.0609. The Morgan fingerprint density at radius 2 is 2.07 bits per heavy atom. The molecule has 2 aliphatic heterocycles. The average Bonchev–Trinajstić information content (AvgIpc) is 3.48. The Morgan fingerprint density at radius 3 is 2.80 bits per heavy atom. The third-order valence-corrected chi connectivity index (χ3v) is 7.10. The van der Waals surface area contributed by atoms with Crippen LogP contribution in [0.4, 0.5) is 14.9 Å². The summed E-state index contributed by atoms with van der Waals surface area (Å²) < 4.78 is 18.9. The number of hydrogen-bond acceptors (Lipinski definition) is 5. The highest BCUT2D eigenvalue weighted by Gasteiger charge is 2.45. The molecule has 30 heavy (non-hydrogen) atoms. The quantitative estimate of drug-likeness (QED) is 0.757. The van der Waals surface area contributed by atoms with Crippen LogP contribution in [0.5, 0.6) is 5.75 Å². The fraction of sp³-hybridized carbons (Fsp3) is 0.286. The van der Waals surface area contributed by atoms with E-state index in [4.69, 9.17) is 16.3 Å². The van der Waals surface area contributed by atoms with Crippen LogP contribution in [-0.2, 0) is 4.79 Å². The monoisotopic (exact) mass is 445 g/mol. The molecule has 6 nitrogen and oxygen atoms in total. The van der Waals surface area contributed by atoms with Crippen LogP contribution in [0.25, 0.3) is 4.91 Å². The van der Waals surface area contributed by atoms with Gasteiger partial charge in [-0.3, -0.25) is 9.78 Å². The summed E-state index contributed by atoms with van der Waals surface area (Å²) in [6.45, 7) is 0. The highest BCUT2D eigenvalue weighted by molar-refractivity contribution is 8.09. The second kappa shape index (κ2) is 7.28. The molecule has 2 unspecified atom stereocenters. The zero-order valence-electron chi connectivity index (χ0n) is 15.9. The molecule has 0 bridgehead atoms. The molecule has 1 N–H and O–H groups in total. The van der Waals surface area contributed by atoms with Gasteiger partial charge in [0.15, 0.2) is 11.6 Å². The smallest absolute Gasteiger partial charge is 0.329 e. The summed E-state index contributed by atoms with van der Waals surface area (Å²) in [7, 11) is 1.37.